The number of esters is 1. The number of halogens is 1. The number of hydrogen-bond donors (Lipinski definition) is 1. The molecule has 1 N–H and O–H groups in total. The summed E-state index contributed by atoms with van der Waals surface area (Å²) in [5.41, 5.74) is 2.44. The van der Waals surface area contributed by atoms with Crippen molar-refractivity contribution >= 4 is 23.7 Å². The van der Waals surface area contributed by atoms with Crippen LogP contribution in [0.5, 0.6) is 0 Å². The zero-order valence-electron chi connectivity index (χ0n) is 18.3. The highest BCUT2D eigenvalue weighted by molar-refractivity contribution is 7.98. The van der Waals surface area contributed by atoms with Gasteiger partial charge in [-0.3, -0.25) is 0 Å². The molecule has 9 heteroatoms. The van der Waals surface area contributed by atoms with E-state index in [0.717, 1.165) is 5.56 Å². The molecule has 1 atom stereocenters. The van der Waals surface area contributed by atoms with Crippen LogP contribution in [0.1, 0.15) is 29.9 Å². The molecule has 34 heavy (non-hydrogen) atoms. The van der Waals surface area contributed by atoms with E-state index in [1.54, 1.807) is 48.2 Å². The van der Waals surface area contributed by atoms with E-state index in [9.17, 15) is 9.18 Å². The fraction of sp³-hybridized carbons (Fsp3) is 0.160. The van der Waals surface area contributed by atoms with Crippen LogP contribution in [0, 0.1) is 5.82 Å². The maximum Gasteiger partial charge on any atom is 0.338 e. The van der Waals surface area contributed by atoms with Crippen molar-refractivity contribution in [2.24, 2.45) is 0 Å². The molecule has 0 spiro atoms. The van der Waals surface area contributed by atoms with Crippen LogP contribution in [-0.4, -0.2) is 20.7 Å². The molecule has 0 amide bonds. The number of rotatable bonds is 7. The molecular formula is C25H21FN4O3S. The van der Waals surface area contributed by atoms with Crippen molar-refractivity contribution in [1.29, 1.82) is 0 Å². The van der Waals surface area contributed by atoms with Gasteiger partial charge in [-0.25, -0.2) is 13.9 Å². The quantitative estimate of drug-likeness (QED) is 0.285. The van der Waals surface area contributed by atoms with E-state index >= 15 is 0 Å². The van der Waals surface area contributed by atoms with Gasteiger partial charge >= 0.3 is 5.97 Å². The number of hydrogen-bond acceptors (Lipinski definition) is 7. The fourth-order valence-corrected chi connectivity index (χ4v) is 4.54. The second-order valence-corrected chi connectivity index (χ2v) is 8.63. The van der Waals surface area contributed by atoms with Gasteiger partial charge in [-0.2, -0.15) is 4.98 Å². The standard InChI is InChI=1S/C25H21FN4O3S/c1-16-21(23(31)33-14-17-8-3-2-4-9-17)22(20-12-7-13-32-20)30-24(27-16)28-25(29-30)34-15-18-10-5-6-11-19(18)26/h2-13,22H,14-15H2,1H3,(H,27,28,29). The van der Waals surface area contributed by atoms with E-state index in [0.29, 0.717) is 39.5 Å². The van der Waals surface area contributed by atoms with Crippen LogP contribution in [0.4, 0.5) is 10.3 Å². The second kappa shape index (κ2) is 9.56. The summed E-state index contributed by atoms with van der Waals surface area (Å²) in [7, 11) is 0. The van der Waals surface area contributed by atoms with Gasteiger partial charge < -0.3 is 14.5 Å². The van der Waals surface area contributed by atoms with E-state index in [2.05, 4.69) is 15.4 Å². The highest BCUT2D eigenvalue weighted by Gasteiger charge is 2.37. The minimum absolute atomic E-state index is 0.148. The number of carbonyl (C=O) groups is 1. The molecule has 1 unspecified atom stereocenters. The third-order valence-electron chi connectivity index (χ3n) is 5.39. The van der Waals surface area contributed by atoms with Crippen molar-refractivity contribution in [2.45, 2.75) is 30.5 Å². The number of anilines is 1. The molecule has 2 aromatic carbocycles. The normalized spacial score (nSPS) is 15.1. The first kappa shape index (κ1) is 22.0. The summed E-state index contributed by atoms with van der Waals surface area (Å²) in [6.07, 6.45) is 1.55. The highest BCUT2D eigenvalue weighted by atomic mass is 32.2. The summed E-state index contributed by atoms with van der Waals surface area (Å²) in [6.45, 7) is 1.94. The molecule has 0 radical (unpaired) electrons. The average Bonchev–Trinajstić information content (AvgIpc) is 3.52. The van der Waals surface area contributed by atoms with Crippen LogP contribution < -0.4 is 5.32 Å². The predicted molar refractivity (Wildman–Crippen MR) is 125 cm³/mol. The molecule has 3 heterocycles. The molecule has 0 fully saturated rings. The Labute approximate surface area is 199 Å². The number of carbonyl (C=O) groups excluding carboxylic acids is 1. The van der Waals surface area contributed by atoms with Crippen molar-refractivity contribution in [3.8, 4) is 0 Å². The highest BCUT2D eigenvalue weighted by Crippen LogP contribution is 2.37. The lowest BCUT2D eigenvalue weighted by molar-refractivity contribution is -0.140. The van der Waals surface area contributed by atoms with Gasteiger partial charge in [0.1, 0.15) is 24.2 Å². The molecule has 0 aliphatic carbocycles. The minimum Gasteiger partial charge on any atom is -0.467 e. The Morgan fingerprint density at radius 2 is 1.94 bits per heavy atom. The van der Waals surface area contributed by atoms with Crippen molar-refractivity contribution in [2.75, 3.05) is 5.32 Å². The third-order valence-corrected chi connectivity index (χ3v) is 6.28. The molecular weight excluding hydrogens is 455 g/mol. The maximum atomic E-state index is 14.0. The lowest BCUT2D eigenvalue weighted by Crippen LogP contribution is -2.29. The van der Waals surface area contributed by atoms with E-state index < -0.39 is 12.0 Å². The Kier molecular flexibility index (Phi) is 6.18. The number of aromatic nitrogens is 3. The van der Waals surface area contributed by atoms with Gasteiger partial charge in [-0.15, -0.1) is 5.10 Å². The SMILES string of the molecule is CC1=C(C(=O)OCc2ccccc2)C(c2ccco2)n2nc(SCc3ccccc3F)nc2N1. The Balaban J connectivity index is 1.41. The first-order chi connectivity index (χ1) is 16.6. The number of nitrogens with one attached hydrogen (secondary N) is 1. The lowest BCUT2D eigenvalue weighted by Gasteiger charge is -2.26. The summed E-state index contributed by atoms with van der Waals surface area (Å²) in [6, 6.07) is 19.0. The van der Waals surface area contributed by atoms with Crippen LogP contribution in [0.15, 0.2) is 93.8 Å². The number of furan rings is 1. The van der Waals surface area contributed by atoms with Crippen molar-refractivity contribution in [3.63, 3.8) is 0 Å². The smallest absolute Gasteiger partial charge is 0.338 e. The van der Waals surface area contributed by atoms with E-state index in [4.69, 9.17) is 9.15 Å². The zero-order chi connectivity index (χ0) is 23.5. The summed E-state index contributed by atoms with van der Waals surface area (Å²) in [4.78, 5) is 17.7. The molecule has 5 rings (SSSR count). The van der Waals surface area contributed by atoms with Gasteiger partial charge in [-0.05, 0) is 36.2 Å². The number of benzene rings is 2. The Morgan fingerprint density at radius 3 is 2.71 bits per heavy atom. The monoisotopic (exact) mass is 476 g/mol. The molecule has 2 aromatic heterocycles. The number of allylic oxidation sites excluding steroid dienone is 1. The summed E-state index contributed by atoms with van der Waals surface area (Å²) >= 11 is 1.31. The summed E-state index contributed by atoms with van der Waals surface area (Å²) in [5, 5.41) is 8.20. The largest absolute Gasteiger partial charge is 0.467 e. The first-order valence-corrected chi connectivity index (χ1v) is 11.6. The van der Waals surface area contributed by atoms with Gasteiger partial charge in [0.25, 0.3) is 0 Å². The Morgan fingerprint density at radius 1 is 1.15 bits per heavy atom. The van der Waals surface area contributed by atoms with Gasteiger partial charge in [0, 0.05) is 11.4 Å². The first-order valence-electron chi connectivity index (χ1n) is 10.6. The van der Waals surface area contributed by atoms with E-state index in [-0.39, 0.29) is 12.4 Å². The molecule has 0 bridgehead atoms. The molecule has 0 saturated carbocycles. The van der Waals surface area contributed by atoms with E-state index in [1.807, 2.05) is 30.3 Å². The van der Waals surface area contributed by atoms with Crippen LogP contribution in [0.25, 0.3) is 0 Å². The molecule has 1 aliphatic heterocycles. The topological polar surface area (TPSA) is 82.2 Å². The van der Waals surface area contributed by atoms with Crippen LogP contribution in [0.3, 0.4) is 0 Å². The number of fused-ring (bicyclic) bond motifs is 1. The predicted octanol–water partition coefficient (Wildman–Crippen LogP) is 5.33. The third kappa shape index (κ3) is 4.47. The van der Waals surface area contributed by atoms with Gasteiger partial charge in [0.05, 0.1) is 11.8 Å². The maximum absolute atomic E-state index is 14.0. The zero-order valence-corrected chi connectivity index (χ0v) is 19.1. The second-order valence-electron chi connectivity index (χ2n) is 7.69. The van der Waals surface area contributed by atoms with Gasteiger partial charge in [0.15, 0.2) is 0 Å². The van der Waals surface area contributed by atoms with E-state index in [1.165, 1.54) is 17.8 Å². The molecule has 4 aromatic rings. The number of nitrogens with zero attached hydrogens (tertiary/aromatic N) is 3. The van der Waals surface area contributed by atoms with Crippen molar-refractivity contribution < 1.29 is 18.3 Å². The lowest BCUT2D eigenvalue weighted by atomic mass is 10.0. The van der Waals surface area contributed by atoms with Crippen LogP contribution >= 0.6 is 11.8 Å². The minimum atomic E-state index is -0.648. The van der Waals surface area contributed by atoms with Crippen LogP contribution in [0.2, 0.25) is 0 Å². The molecule has 1 aliphatic rings. The number of thioether (sulfide) groups is 1. The number of ether oxygens (including phenoxy) is 1. The van der Waals surface area contributed by atoms with Crippen molar-refractivity contribution in [1.82, 2.24) is 14.8 Å². The van der Waals surface area contributed by atoms with Crippen LogP contribution in [-0.2, 0) is 21.9 Å². The Bertz CT molecular complexity index is 1340. The Hall–Kier alpha value is -3.85. The summed E-state index contributed by atoms with van der Waals surface area (Å²) in [5.74, 6) is 0.627. The fourth-order valence-electron chi connectivity index (χ4n) is 3.73. The average molecular weight is 477 g/mol. The summed E-state index contributed by atoms with van der Waals surface area (Å²) < 4.78 is 26.9. The van der Waals surface area contributed by atoms with Crippen molar-refractivity contribution in [3.05, 3.63) is 107 Å². The van der Waals surface area contributed by atoms with Gasteiger partial charge in [-0.1, -0.05) is 60.3 Å². The molecule has 0 saturated heterocycles. The van der Waals surface area contributed by atoms with Gasteiger partial charge in [0.2, 0.25) is 11.1 Å². The molecule has 172 valence electrons. The molecule has 7 nitrogen and oxygen atoms in total.